The summed E-state index contributed by atoms with van der Waals surface area (Å²) >= 11 is 1.93. The fraction of sp³-hybridized carbons (Fsp3) is 0.0164. The molecule has 1 aliphatic carbocycles. The van der Waals surface area contributed by atoms with E-state index in [1.165, 1.54) is 103 Å². The summed E-state index contributed by atoms with van der Waals surface area (Å²) in [5.74, 6) is 0. The van der Waals surface area contributed by atoms with Gasteiger partial charge in [-0.2, -0.15) is 0 Å². The van der Waals surface area contributed by atoms with Crippen LogP contribution in [0.2, 0.25) is 0 Å². The van der Waals surface area contributed by atoms with Gasteiger partial charge in [0.05, 0.1) is 22.1 Å². The van der Waals surface area contributed by atoms with E-state index in [-0.39, 0.29) is 0 Å². The van der Waals surface area contributed by atoms with Crippen LogP contribution in [0.5, 0.6) is 0 Å². The normalized spacial score (nSPS) is 13.1. The summed E-state index contributed by atoms with van der Waals surface area (Å²) in [6, 6.07) is 85.6. The highest BCUT2D eigenvalue weighted by Crippen LogP contribution is 2.63. The average molecular weight is 831 g/mol. The third kappa shape index (κ3) is 4.85. The quantitative estimate of drug-likeness (QED) is 0.168. The molecule has 14 rings (SSSR count). The van der Waals surface area contributed by atoms with Crippen molar-refractivity contribution in [3.63, 3.8) is 0 Å². The van der Waals surface area contributed by atoms with Crippen LogP contribution in [-0.2, 0) is 5.41 Å². The van der Waals surface area contributed by atoms with Gasteiger partial charge in [0.2, 0.25) is 0 Å². The average Bonchev–Trinajstić information content (AvgIpc) is 4.01. The van der Waals surface area contributed by atoms with Crippen LogP contribution in [0.25, 0.3) is 81.0 Å². The van der Waals surface area contributed by atoms with Gasteiger partial charge < -0.3 is 9.47 Å². The molecule has 0 atom stereocenters. The molecule has 0 saturated heterocycles. The Morgan fingerprint density at radius 3 is 1.53 bits per heavy atom. The van der Waals surface area contributed by atoms with Gasteiger partial charge in [0.25, 0.3) is 0 Å². The number of hydrogen-bond donors (Lipinski definition) is 0. The fourth-order valence-electron chi connectivity index (χ4n) is 11.3. The zero-order chi connectivity index (χ0) is 41.9. The minimum atomic E-state index is -0.555. The molecule has 2 aliphatic rings. The molecule has 2 nitrogen and oxygen atoms in total. The van der Waals surface area contributed by atoms with Crippen molar-refractivity contribution >= 4 is 70.4 Å². The lowest BCUT2D eigenvalue weighted by atomic mass is 9.65. The topological polar surface area (TPSA) is 8.17 Å². The van der Waals surface area contributed by atoms with Crippen molar-refractivity contribution in [3.8, 4) is 39.1 Å². The van der Waals surface area contributed by atoms with E-state index in [1.54, 1.807) is 0 Å². The monoisotopic (exact) mass is 830 g/mol. The van der Waals surface area contributed by atoms with Gasteiger partial charge in [0.15, 0.2) is 0 Å². The zero-order valence-corrected chi connectivity index (χ0v) is 35.6. The molecule has 0 fully saturated rings. The highest BCUT2D eigenvalue weighted by Gasteiger charge is 2.51. The van der Waals surface area contributed by atoms with E-state index in [0.717, 1.165) is 17.1 Å². The maximum absolute atomic E-state index is 2.60. The van der Waals surface area contributed by atoms with Crippen molar-refractivity contribution in [2.45, 2.75) is 5.41 Å². The third-order valence-corrected chi connectivity index (χ3v) is 15.2. The van der Waals surface area contributed by atoms with E-state index in [2.05, 4.69) is 240 Å². The van der Waals surface area contributed by atoms with E-state index in [0.29, 0.717) is 0 Å². The van der Waals surface area contributed by atoms with Crippen molar-refractivity contribution in [1.29, 1.82) is 0 Å². The summed E-state index contributed by atoms with van der Waals surface area (Å²) in [5, 5.41) is 5.28. The van der Waals surface area contributed by atoms with Crippen LogP contribution in [-0.4, -0.2) is 4.57 Å². The second-order valence-corrected chi connectivity index (χ2v) is 18.2. The highest BCUT2D eigenvalue weighted by atomic mass is 32.1. The van der Waals surface area contributed by atoms with Gasteiger partial charge in [0.1, 0.15) is 0 Å². The summed E-state index contributed by atoms with van der Waals surface area (Å²) < 4.78 is 5.27. The number of rotatable bonds is 5. The first-order valence-electron chi connectivity index (χ1n) is 22.1. The Kier molecular flexibility index (Phi) is 7.51. The van der Waals surface area contributed by atoms with Crippen LogP contribution in [0.4, 0.5) is 17.1 Å². The summed E-state index contributed by atoms with van der Waals surface area (Å²) in [4.78, 5) is 2.43. The smallest absolute Gasteiger partial charge is 0.0754 e. The SMILES string of the molecule is c1ccc(-c2ccc(N(c3ccc(-c4ccccc4)cc3)c3ccc4c(c3)-n3c5ccccc5c5c6sc7ccccc7c6cc(c53)C43c4ccccc4-c4ccccc43)cc2)cc1. The molecule has 0 amide bonds. The number of hydrogen-bond acceptors (Lipinski definition) is 2. The molecule has 10 aromatic carbocycles. The second-order valence-electron chi connectivity index (χ2n) is 17.2. The van der Waals surface area contributed by atoms with Crippen LogP contribution < -0.4 is 4.90 Å². The van der Waals surface area contributed by atoms with E-state index >= 15 is 0 Å². The summed E-state index contributed by atoms with van der Waals surface area (Å²) in [6.45, 7) is 0. The first-order chi connectivity index (χ1) is 31.8. The summed E-state index contributed by atoms with van der Waals surface area (Å²) in [7, 11) is 0. The largest absolute Gasteiger partial charge is 0.310 e. The molecular weight excluding hydrogens is 793 g/mol. The Labute approximate surface area is 375 Å². The maximum atomic E-state index is 2.60. The first-order valence-corrected chi connectivity index (χ1v) is 22.9. The van der Waals surface area contributed by atoms with Gasteiger partial charge in [-0.25, -0.2) is 0 Å². The minimum Gasteiger partial charge on any atom is -0.310 e. The molecule has 2 aromatic heterocycles. The molecule has 0 saturated carbocycles. The standard InChI is InChI=1S/C61H38N2S/c1-3-15-39(16-4-1)41-27-31-43(32-28-41)62(44-33-29-42(30-34-44)40-17-5-2-6-18-40)45-35-36-53-56(37-45)63-55-25-13-9-22-49(55)58-59(63)54(38-50-48-21-10-14-26-57(48)64-60(50)58)61(53)51-23-11-7-19-46(51)47-20-8-12-24-52(47)61/h1-38H. The maximum Gasteiger partial charge on any atom is 0.0754 e. The van der Waals surface area contributed by atoms with E-state index in [1.807, 2.05) is 11.3 Å². The number of benzene rings is 10. The summed E-state index contributed by atoms with van der Waals surface area (Å²) in [6.07, 6.45) is 0. The number of fused-ring (bicyclic) bond motifs is 16. The molecule has 1 spiro atoms. The summed E-state index contributed by atoms with van der Waals surface area (Å²) in [5.41, 5.74) is 19.2. The molecule has 0 radical (unpaired) electrons. The van der Waals surface area contributed by atoms with Crippen LogP contribution in [0.1, 0.15) is 22.3 Å². The van der Waals surface area contributed by atoms with Crippen LogP contribution in [0.3, 0.4) is 0 Å². The van der Waals surface area contributed by atoms with Gasteiger partial charge in [-0.1, -0.05) is 176 Å². The lowest BCUT2D eigenvalue weighted by Crippen LogP contribution is -2.33. The van der Waals surface area contributed by atoms with Crippen molar-refractivity contribution in [2.24, 2.45) is 0 Å². The third-order valence-electron chi connectivity index (χ3n) is 14.0. The molecule has 12 aromatic rings. The number of para-hydroxylation sites is 1. The van der Waals surface area contributed by atoms with Crippen molar-refractivity contribution in [3.05, 3.63) is 253 Å². The van der Waals surface area contributed by atoms with Crippen LogP contribution >= 0.6 is 11.3 Å². The second kappa shape index (κ2) is 13.5. The molecule has 0 N–H and O–H groups in total. The number of anilines is 3. The van der Waals surface area contributed by atoms with Crippen molar-refractivity contribution in [1.82, 2.24) is 4.57 Å². The molecule has 0 unspecified atom stereocenters. The lowest BCUT2D eigenvalue weighted by Gasteiger charge is -2.40. The van der Waals surface area contributed by atoms with Crippen molar-refractivity contribution < 1.29 is 0 Å². The molecule has 0 bridgehead atoms. The number of aromatic nitrogens is 1. The highest BCUT2D eigenvalue weighted by molar-refractivity contribution is 7.26. The zero-order valence-electron chi connectivity index (χ0n) is 34.7. The lowest BCUT2D eigenvalue weighted by molar-refractivity contribution is 0.750. The van der Waals surface area contributed by atoms with E-state index < -0.39 is 5.41 Å². The molecule has 298 valence electrons. The fourth-order valence-corrected chi connectivity index (χ4v) is 12.5. The first kappa shape index (κ1) is 35.6. The van der Waals surface area contributed by atoms with Crippen LogP contribution in [0, 0.1) is 0 Å². The van der Waals surface area contributed by atoms with Crippen molar-refractivity contribution in [2.75, 3.05) is 4.90 Å². The van der Waals surface area contributed by atoms with Gasteiger partial charge in [-0.15, -0.1) is 11.3 Å². The van der Waals surface area contributed by atoms with Gasteiger partial charge >= 0.3 is 0 Å². The molecular formula is C61H38N2S. The van der Waals surface area contributed by atoms with Crippen LogP contribution in [0.15, 0.2) is 231 Å². The van der Waals surface area contributed by atoms with Gasteiger partial charge in [-0.05, 0) is 110 Å². The number of nitrogens with zero attached hydrogens (tertiary/aromatic N) is 2. The Morgan fingerprint density at radius 2 is 0.891 bits per heavy atom. The number of thiophene rings is 1. The van der Waals surface area contributed by atoms with E-state index in [9.17, 15) is 0 Å². The Bertz CT molecular complexity index is 3690. The Balaban J connectivity index is 1.08. The molecule has 1 aliphatic heterocycles. The molecule has 64 heavy (non-hydrogen) atoms. The minimum absolute atomic E-state index is 0.555. The molecule has 3 heteroatoms. The predicted octanol–water partition coefficient (Wildman–Crippen LogP) is 16.6. The van der Waals surface area contributed by atoms with Gasteiger partial charge in [0, 0.05) is 48.0 Å². The Hall–Kier alpha value is -7.98. The predicted molar refractivity (Wildman–Crippen MR) is 270 cm³/mol. The van der Waals surface area contributed by atoms with E-state index in [4.69, 9.17) is 0 Å². The van der Waals surface area contributed by atoms with Gasteiger partial charge in [-0.3, -0.25) is 0 Å². The Morgan fingerprint density at radius 1 is 0.375 bits per heavy atom. The molecule has 3 heterocycles.